The molecule has 0 radical (unpaired) electrons. The normalized spacial score (nSPS) is 12.3. The van der Waals surface area contributed by atoms with E-state index in [1.807, 2.05) is 6.08 Å². The highest BCUT2D eigenvalue weighted by atomic mass is 16.4. The van der Waals surface area contributed by atoms with Crippen molar-refractivity contribution in [3.63, 3.8) is 0 Å². The Morgan fingerprint density at radius 2 is 1.52 bits per heavy atom. The lowest BCUT2D eigenvalue weighted by Gasteiger charge is -2.29. The third-order valence-corrected chi connectivity index (χ3v) is 3.67. The van der Waals surface area contributed by atoms with E-state index in [1.165, 1.54) is 5.56 Å². The lowest BCUT2D eigenvalue weighted by Crippen LogP contribution is -2.24. The molecule has 1 N–H and O–H groups in total. The molecule has 1 aromatic rings. The summed E-state index contributed by atoms with van der Waals surface area (Å²) in [5.74, 6) is -0.833. The van der Waals surface area contributed by atoms with Crippen LogP contribution in [-0.4, -0.2) is 11.1 Å². The standard InChI is InChI=1S/C19H28O2/c1-8-9-10-13-11-14(18(2,3)4)16(17(20)21)15(12-13)19(5,6)7/h8,11-12H,1,9-10H2,2-7H3,(H,20,21). The van der Waals surface area contributed by atoms with Crippen molar-refractivity contribution in [2.45, 2.75) is 65.2 Å². The summed E-state index contributed by atoms with van der Waals surface area (Å²) in [6.45, 7) is 16.2. The van der Waals surface area contributed by atoms with Gasteiger partial charge in [0.1, 0.15) is 0 Å². The Morgan fingerprint density at radius 3 is 1.81 bits per heavy atom. The van der Waals surface area contributed by atoms with Gasteiger partial charge in [0.05, 0.1) is 5.56 Å². The Balaban J connectivity index is 3.66. The number of hydrogen-bond acceptors (Lipinski definition) is 1. The number of aromatic carboxylic acids is 1. The van der Waals surface area contributed by atoms with Crippen molar-refractivity contribution in [2.75, 3.05) is 0 Å². The van der Waals surface area contributed by atoms with E-state index in [2.05, 4.69) is 60.3 Å². The molecule has 0 aliphatic rings. The third-order valence-electron chi connectivity index (χ3n) is 3.67. The Morgan fingerprint density at radius 1 is 1.10 bits per heavy atom. The van der Waals surface area contributed by atoms with Crippen molar-refractivity contribution in [1.29, 1.82) is 0 Å². The number of carboxylic acids is 1. The summed E-state index contributed by atoms with van der Waals surface area (Å²) in [5, 5.41) is 9.72. The molecule has 2 nitrogen and oxygen atoms in total. The van der Waals surface area contributed by atoms with Gasteiger partial charge in [0.15, 0.2) is 0 Å². The maximum atomic E-state index is 11.8. The van der Waals surface area contributed by atoms with Crippen LogP contribution in [0.1, 0.15) is 75.0 Å². The first-order valence-corrected chi connectivity index (χ1v) is 7.50. The minimum Gasteiger partial charge on any atom is -0.478 e. The molecule has 21 heavy (non-hydrogen) atoms. The molecule has 1 rings (SSSR count). The van der Waals surface area contributed by atoms with Crippen LogP contribution in [0.5, 0.6) is 0 Å². The molecular formula is C19H28O2. The van der Waals surface area contributed by atoms with Crippen LogP contribution in [0, 0.1) is 0 Å². The van der Waals surface area contributed by atoms with E-state index in [1.54, 1.807) is 0 Å². The van der Waals surface area contributed by atoms with Gasteiger partial charge in [0.25, 0.3) is 0 Å². The molecular weight excluding hydrogens is 260 g/mol. The van der Waals surface area contributed by atoms with Crippen LogP contribution in [0.4, 0.5) is 0 Å². The number of rotatable bonds is 4. The van der Waals surface area contributed by atoms with Gasteiger partial charge in [-0.1, -0.05) is 59.8 Å². The molecule has 0 atom stereocenters. The van der Waals surface area contributed by atoms with Crippen LogP contribution >= 0.6 is 0 Å². The number of allylic oxidation sites excluding steroid dienone is 1. The molecule has 0 amide bonds. The number of benzene rings is 1. The van der Waals surface area contributed by atoms with Crippen molar-refractivity contribution in [3.05, 3.63) is 47.0 Å². The van der Waals surface area contributed by atoms with E-state index >= 15 is 0 Å². The molecule has 0 saturated heterocycles. The molecule has 0 aliphatic carbocycles. The van der Waals surface area contributed by atoms with E-state index < -0.39 is 5.97 Å². The first kappa shape index (κ1) is 17.5. The van der Waals surface area contributed by atoms with Gasteiger partial charge in [-0.3, -0.25) is 0 Å². The zero-order valence-electron chi connectivity index (χ0n) is 14.2. The lowest BCUT2D eigenvalue weighted by atomic mass is 9.75. The molecule has 2 heteroatoms. The summed E-state index contributed by atoms with van der Waals surface area (Å²) in [6, 6.07) is 4.12. The van der Waals surface area contributed by atoms with Gasteiger partial charge in [-0.15, -0.1) is 6.58 Å². The summed E-state index contributed by atoms with van der Waals surface area (Å²) in [4.78, 5) is 11.8. The number of hydrogen-bond donors (Lipinski definition) is 1. The lowest BCUT2D eigenvalue weighted by molar-refractivity contribution is 0.0691. The molecule has 0 aliphatic heterocycles. The van der Waals surface area contributed by atoms with Gasteiger partial charge in [0.2, 0.25) is 0 Å². The summed E-state index contributed by atoms with van der Waals surface area (Å²) in [5.41, 5.74) is 3.10. The second kappa shape index (κ2) is 6.05. The van der Waals surface area contributed by atoms with Gasteiger partial charge in [0, 0.05) is 0 Å². The number of carbonyl (C=O) groups is 1. The van der Waals surface area contributed by atoms with Crippen molar-refractivity contribution < 1.29 is 9.90 Å². The van der Waals surface area contributed by atoms with Crippen molar-refractivity contribution in [1.82, 2.24) is 0 Å². The predicted molar refractivity (Wildman–Crippen MR) is 89.3 cm³/mol. The molecule has 0 fully saturated rings. The topological polar surface area (TPSA) is 37.3 Å². The van der Waals surface area contributed by atoms with E-state index in [0.717, 1.165) is 24.0 Å². The van der Waals surface area contributed by atoms with Gasteiger partial charge in [-0.25, -0.2) is 4.79 Å². The Hall–Kier alpha value is -1.57. The quantitative estimate of drug-likeness (QED) is 0.783. The van der Waals surface area contributed by atoms with Crippen LogP contribution in [0.2, 0.25) is 0 Å². The molecule has 0 heterocycles. The maximum absolute atomic E-state index is 11.8. The van der Waals surface area contributed by atoms with Crippen molar-refractivity contribution in [2.24, 2.45) is 0 Å². The Bertz CT molecular complexity index is 505. The number of aryl methyl sites for hydroxylation is 1. The minimum atomic E-state index is -0.833. The fraction of sp³-hybridized carbons (Fsp3) is 0.526. The second-order valence-electron chi connectivity index (χ2n) is 7.70. The van der Waals surface area contributed by atoms with Crippen LogP contribution in [0.3, 0.4) is 0 Å². The van der Waals surface area contributed by atoms with Crippen LogP contribution < -0.4 is 0 Å². The fourth-order valence-electron chi connectivity index (χ4n) is 2.53. The van der Waals surface area contributed by atoms with Gasteiger partial charge in [-0.05, 0) is 40.4 Å². The molecule has 0 spiro atoms. The van der Waals surface area contributed by atoms with E-state index in [0.29, 0.717) is 5.56 Å². The van der Waals surface area contributed by atoms with Crippen LogP contribution in [0.25, 0.3) is 0 Å². The summed E-state index contributed by atoms with van der Waals surface area (Å²) in [7, 11) is 0. The molecule has 0 aromatic heterocycles. The largest absolute Gasteiger partial charge is 0.478 e. The summed E-state index contributed by atoms with van der Waals surface area (Å²) < 4.78 is 0. The molecule has 0 saturated carbocycles. The Labute approximate surface area is 128 Å². The molecule has 0 bridgehead atoms. The highest BCUT2D eigenvalue weighted by Gasteiger charge is 2.29. The predicted octanol–water partition coefficient (Wildman–Crippen LogP) is 5.10. The highest BCUT2D eigenvalue weighted by Crippen LogP contribution is 2.35. The molecule has 1 aromatic carbocycles. The number of carboxylic acid groups (broad SMARTS) is 1. The SMILES string of the molecule is C=CCCc1cc(C(C)(C)C)c(C(=O)O)c(C(C)(C)C)c1. The Kier molecular flexibility index (Phi) is 5.03. The monoisotopic (exact) mass is 288 g/mol. The second-order valence-corrected chi connectivity index (χ2v) is 7.70. The third kappa shape index (κ3) is 4.20. The smallest absolute Gasteiger partial charge is 0.336 e. The summed E-state index contributed by atoms with van der Waals surface area (Å²) in [6.07, 6.45) is 3.70. The van der Waals surface area contributed by atoms with Crippen molar-refractivity contribution >= 4 is 5.97 Å². The van der Waals surface area contributed by atoms with E-state index in [4.69, 9.17) is 0 Å². The van der Waals surface area contributed by atoms with Gasteiger partial charge in [-0.2, -0.15) is 0 Å². The first-order chi connectivity index (χ1) is 9.48. The minimum absolute atomic E-state index is 0.197. The zero-order valence-corrected chi connectivity index (χ0v) is 14.2. The van der Waals surface area contributed by atoms with Crippen LogP contribution in [-0.2, 0) is 17.3 Å². The average molecular weight is 288 g/mol. The van der Waals surface area contributed by atoms with Crippen LogP contribution in [0.15, 0.2) is 24.8 Å². The maximum Gasteiger partial charge on any atom is 0.336 e. The zero-order chi connectivity index (χ0) is 16.4. The van der Waals surface area contributed by atoms with Crippen molar-refractivity contribution in [3.8, 4) is 0 Å². The van der Waals surface area contributed by atoms with E-state index in [-0.39, 0.29) is 10.8 Å². The highest BCUT2D eigenvalue weighted by molar-refractivity contribution is 5.92. The molecule has 0 unspecified atom stereocenters. The van der Waals surface area contributed by atoms with Gasteiger partial charge < -0.3 is 5.11 Å². The fourth-order valence-corrected chi connectivity index (χ4v) is 2.53. The average Bonchev–Trinajstić information content (AvgIpc) is 2.32. The molecule has 116 valence electrons. The van der Waals surface area contributed by atoms with E-state index in [9.17, 15) is 9.90 Å². The van der Waals surface area contributed by atoms with Gasteiger partial charge >= 0.3 is 5.97 Å². The first-order valence-electron chi connectivity index (χ1n) is 7.50. The summed E-state index contributed by atoms with van der Waals surface area (Å²) >= 11 is 0.